The van der Waals surface area contributed by atoms with E-state index in [0.717, 1.165) is 43.8 Å². The zero-order valence-corrected chi connectivity index (χ0v) is 16.4. The minimum atomic E-state index is -0.147. The summed E-state index contributed by atoms with van der Waals surface area (Å²) in [6.07, 6.45) is 3.40. The highest BCUT2D eigenvalue weighted by atomic mass is 16.6. The summed E-state index contributed by atoms with van der Waals surface area (Å²) in [5.41, 5.74) is 2.16. The largest absolute Gasteiger partial charge is 0.486 e. The molecule has 0 bridgehead atoms. The van der Waals surface area contributed by atoms with Gasteiger partial charge in [-0.15, -0.1) is 0 Å². The average Bonchev–Trinajstić information content (AvgIpc) is 2.74. The van der Waals surface area contributed by atoms with Gasteiger partial charge in [0.2, 0.25) is 5.91 Å². The van der Waals surface area contributed by atoms with Crippen molar-refractivity contribution in [3.05, 3.63) is 54.1 Å². The lowest BCUT2D eigenvalue weighted by Crippen LogP contribution is -2.46. The molecule has 2 aromatic rings. The lowest BCUT2D eigenvalue weighted by atomic mass is 9.89. The van der Waals surface area contributed by atoms with Crippen LogP contribution in [-0.2, 0) is 11.2 Å². The lowest BCUT2D eigenvalue weighted by molar-refractivity contribution is -0.121. The van der Waals surface area contributed by atoms with Crippen LogP contribution >= 0.6 is 0 Å². The second-order valence-electron chi connectivity index (χ2n) is 7.69. The fourth-order valence-corrected chi connectivity index (χ4v) is 4.03. The van der Waals surface area contributed by atoms with Crippen LogP contribution in [0.4, 0.5) is 5.69 Å². The molecule has 148 valence electrons. The minimum absolute atomic E-state index is 0.0261. The maximum Gasteiger partial charge on any atom is 0.241 e. The molecule has 1 saturated heterocycles. The number of hydrogen-bond donors (Lipinski definition) is 1. The first kappa shape index (κ1) is 18.8. The zero-order chi connectivity index (χ0) is 19.3. The van der Waals surface area contributed by atoms with Crippen molar-refractivity contribution in [3.63, 3.8) is 0 Å². The highest BCUT2D eigenvalue weighted by Crippen LogP contribution is 2.32. The Kier molecular flexibility index (Phi) is 5.81. The van der Waals surface area contributed by atoms with E-state index >= 15 is 0 Å². The number of piperidine rings is 1. The van der Waals surface area contributed by atoms with Crippen molar-refractivity contribution in [3.8, 4) is 11.5 Å². The second kappa shape index (κ2) is 8.65. The number of amides is 1. The van der Waals surface area contributed by atoms with Crippen molar-refractivity contribution in [2.24, 2.45) is 5.92 Å². The van der Waals surface area contributed by atoms with E-state index in [4.69, 9.17) is 9.47 Å². The van der Waals surface area contributed by atoms with E-state index in [1.54, 1.807) is 0 Å². The van der Waals surface area contributed by atoms with Crippen molar-refractivity contribution in [2.45, 2.75) is 32.2 Å². The number of fused-ring (bicyclic) bond motifs is 1. The summed E-state index contributed by atoms with van der Waals surface area (Å²) in [5.74, 6) is 2.15. The molecular weight excluding hydrogens is 352 g/mol. The van der Waals surface area contributed by atoms with Crippen LogP contribution in [0.15, 0.2) is 48.5 Å². The van der Waals surface area contributed by atoms with Crippen molar-refractivity contribution < 1.29 is 14.3 Å². The summed E-state index contributed by atoms with van der Waals surface area (Å²) in [5, 5.41) is 3.02. The molecule has 1 amide bonds. The molecule has 2 aromatic carbocycles. The van der Waals surface area contributed by atoms with Crippen LogP contribution in [0.2, 0.25) is 0 Å². The number of carbonyl (C=O) groups excluding carboxylic acids is 1. The maximum atomic E-state index is 12.7. The van der Waals surface area contributed by atoms with Gasteiger partial charge < -0.3 is 14.8 Å². The van der Waals surface area contributed by atoms with Gasteiger partial charge in [0.25, 0.3) is 0 Å². The van der Waals surface area contributed by atoms with E-state index in [2.05, 4.69) is 40.5 Å². The Morgan fingerprint density at radius 1 is 1.07 bits per heavy atom. The molecule has 2 heterocycles. The van der Waals surface area contributed by atoms with Crippen molar-refractivity contribution >= 4 is 11.6 Å². The Balaban J connectivity index is 1.29. The summed E-state index contributed by atoms with van der Waals surface area (Å²) < 4.78 is 11.1. The first-order chi connectivity index (χ1) is 13.7. The summed E-state index contributed by atoms with van der Waals surface area (Å²) in [4.78, 5) is 15.0. The minimum Gasteiger partial charge on any atom is -0.486 e. The van der Waals surface area contributed by atoms with Gasteiger partial charge in [-0.2, -0.15) is 0 Å². The molecule has 0 saturated carbocycles. The zero-order valence-electron chi connectivity index (χ0n) is 16.4. The Bertz CT molecular complexity index is 801. The molecule has 0 aromatic heterocycles. The van der Waals surface area contributed by atoms with Crippen molar-refractivity contribution in [2.75, 3.05) is 31.6 Å². The van der Waals surface area contributed by atoms with Crippen LogP contribution in [0.25, 0.3) is 0 Å². The highest BCUT2D eigenvalue weighted by molar-refractivity contribution is 5.94. The third-order valence-corrected chi connectivity index (χ3v) is 5.75. The molecule has 28 heavy (non-hydrogen) atoms. The molecule has 0 aliphatic carbocycles. The lowest BCUT2D eigenvalue weighted by Gasteiger charge is -2.35. The summed E-state index contributed by atoms with van der Waals surface area (Å²) >= 11 is 0. The normalized spacial score (nSPS) is 18.5. The number of carbonyl (C=O) groups is 1. The van der Waals surface area contributed by atoms with E-state index < -0.39 is 0 Å². The van der Waals surface area contributed by atoms with Gasteiger partial charge in [-0.1, -0.05) is 30.3 Å². The van der Waals surface area contributed by atoms with Gasteiger partial charge in [0, 0.05) is 11.8 Å². The van der Waals surface area contributed by atoms with Crippen LogP contribution in [0.3, 0.4) is 0 Å². The van der Waals surface area contributed by atoms with Crippen LogP contribution in [0.5, 0.6) is 11.5 Å². The molecule has 0 radical (unpaired) electrons. The highest BCUT2D eigenvalue weighted by Gasteiger charge is 2.27. The Labute approximate surface area is 166 Å². The first-order valence-corrected chi connectivity index (χ1v) is 10.2. The number of benzene rings is 2. The smallest absolute Gasteiger partial charge is 0.241 e. The van der Waals surface area contributed by atoms with E-state index in [1.165, 1.54) is 5.56 Å². The molecule has 1 N–H and O–H groups in total. The molecular formula is C23H28N2O3. The van der Waals surface area contributed by atoms with E-state index in [1.807, 2.05) is 25.1 Å². The monoisotopic (exact) mass is 380 g/mol. The Hall–Kier alpha value is -2.53. The fourth-order valence-electron chi connectivity index (χ4n) is 4.03. The van der Waals surface area contributed by atoms with Crippen molar-refractivity contribution in [1.29, 1.82) is 0 Å². The van der Waals surface area contributed by atoms with E-state index in [0.29, 0.717) is 24.9 Å². The molecule has 1 atom stereocenters. The Morgan fingerprint density at radius 2 is 1.79 bits per heavy atom. The number of ether oxygens (including phenoxy) is 2. The van der Waals surface area contributed by atoms with E-state index in [9.17, 15) is 4.79 Å². The fraction of sp³-hybridized carbons (Fsp3) is 0.435. The van der Waals surface area contributed by atoms with Gasteiger partial charge in [0.05, 0.1) is 6.04 Å². The average molecular weight is 380 g/mol. The van der Waals surface area contributed by atoms with Crippen LogP contribution in [0.1, 0.15) is 25.3 Å². The summed E-state index contributed by atoms with van der Waals surface area (Å²) in [6, 6.07) is 16.1. The number of nitrogens with zero attached hydrogens (tertiary/aromatic N) is 1. The molecule has 0 unspecified atom stereocenters. The second-order valence-corrected chi connectivity index (χ2v) is 7.69. The van der Waals surface area contributed by atoms with Gasteiger partial charge in [-0.05, 0) is 62.9 Å². The molecule has 5 heteroatoms. The van der Waals surface area contributed by atoms with Gasteiger partial charge >= 0.3 is 0 Å². The molecule has 4 rings (SSSR count). The van der Waals surface area contributed by atoms with Gasteiger partial charge in [0.15, 0.2) is 11.5 Å². The third kappa shape index (κ3) is 4.47. The molecule has 1 fully saturated rings. The standard InChI is InChI=1S/C23H28N2O3/c1-17(23(26)24-20-7-8-21-22(16-20)28-14-13-27-21)25-11-9-19(10-12-25)15-18-5-3-2-4-6-18/h2-8,16-17,19H,9-15H2,1H3,(H,24,26)/t17-/m0/s1. The van der Waals surface area contributed by atoms with E-state index in [-0.39, 0.29) is 11.9 Å². The molecule has 5 nitrogen and oxygen atoms in total. The third-order valence-electron chi connectivity index (χ3n) is 5.75. The number of hydrogen-bond acceptors (Lipinski definition) is 4. The summed E-state index contributed by atoms with van der Waals surface area (Å²) in [7, 11) is 0. The van der Waals surface area contributed by atoms with Gasteiger partial charge in [-0.3, -0.25) is 9.69 Å². The number of anilines is 1. The predicted octanol–water partition coefficient (Wildman–Crippen LogP) is 3.74. The Morgan fingerprint density at radius 3 is 2.54 bits per heavy atom. The van der Waals surface area contributed by atoms with Crippen LogP contribution in [-0.4, -0.2) is 43.2 Å². The molecule has 2 aliphatic heterocycles. The van der Waals surface area contributed by atoms with Gasteiger partial charge in [0.1, 0.15) is 13.2 Å². The summed E-state index contributed by atoms with van der Waals surface area (Å²) in [6.45, 7) is 5.03. The predicted molar refractivity (Wildman–Crippen MR) is 110 cm³/mol. The first-order valence-electron chi connectivity index (χ1n) is 10.2. The number of nitrogens with one attached hydrogen (secondary N) is 1. The molecule has 2 aliphatic rings. The van der Waals surface area contributed by atoms with Crippen molar-refractivity contribution in [1.82, 2.24) is 4.90 Å². The van der Waals surface area contributed by atoms with Crippen LogP contribution in [0, 0.1) is 5.92 Å². The van der Waals surface area contributed by atoms with Gasteiger partial charge in [-0.25, -0.2) is 0 Å². The SMILES string of the molecule is C[C@@H](C(=O)Nc1ccc2c(c1)OCCO2)N1CCC(Cc2ccccc2)CC1. The quantitative estimate of drug-likeness (QED) is 0.859. The molecule has 0 spiro atoms. The number of likely N-dealkylation sites (tertiary alicyclic amines) is 1. The maximum absolute atomic E-state index is 12.7. The number of rotatable bonds is 5. The van der Waals surface area contributed by atoms with Crippen LogP contribution < -0.4 is 14.8 Å². The topological polar surface area (TPSA) is 50.8 Å².